The maximum atomic E-state index is 12.5. The van der Waals surface area contributed by atoms with Crippen LogP contribution in [0.4, 0.5) is 0 Å². The molecule has 1 aliphatic carbocycles. The van der Waals surface area contributed by atoms with Crippen LogP contribution >= 0.6 is 15.9 Å². The van der Waals surface area contributed by atoms with Crippen LogP contribution in [0, 0.1) is 0 Å². The molecular formula is C25H26BrNO3. The number of hydrogen-bond acceptors (Lipinski definition) is 3. The fraction of sp³-hybridized carbons (Fsp3) is 0.320. The van der Waals surface area contributed by atoms with Crippen molar-refractivity contribution >= 4 is 38.4 Å². The van der Waals surface area contributed by atoms with Gasteiger partial charge in [-0.3, -0.25) is 4.79 Å². The quantitative estimate of drug-likeness (QED) is 0.409. The minimum Gasteiger partial charge on any atom is -0.493 e. The van der Waals surface area contributed by atoms with Gasteiger partial charge < -0.3 is 14.5 Å². The maximum Gasteiger partial charge on any atom is 0.244 e. The number of amides is 1. The first-order chi connectivity index (χ1) is 14.5. The molecule has 0 saturated heterocycles. The molecule has 0 atom stereocenters. The Balaban J connectivity index is 1.73. The van der Waals surface area contributed by atoms with Gasteiger partial charge in [-0.25, -0.2) is 0 Å². The van der Waals surface area contributed by atoms with Crippen molar-refractivity contribution in [1.29, 1.82) is 0 Å². The molecule has 2 aromatic carbocycles. The van der Waals surface area contributed by atoms with Gasteiger partial charge in [0.25, 0.3) is 0 Å². The second-order valence-electron chi connectivity index (χ2n) is 7.75. The monoisotopic (exact) mass is 467 g/mol. The Morgan fingerprint density at radius 1 is 1.27 bits per heavy atom. The van der Waals surface area contributed by atoms with Gasteiger partial charge in [0, 0.05) is 39.2 Å². The zero-order valence-corrected chi connectivity index (χ0v) is 18.9. The minimum absolute atomic E-state index is 0.0404. The number of hydrogen-bond donors (Lipinski definition) is 1. The van der Waals surface area contributed by atoms with Crippen LogP contribution < -0.4 is 10.1 Å². The van der Waals surface area contributed by atoms with Crippen molar-refractivity contribution < 1.29 is 13.9 Å². The first-order valence-electron chi connectivity index (χ1n) is 10.5. The standard InChI is InChI=1S/C25H26BrNO3/c1-3-29-23-14-24-21(22(15-30-24)17-7-6-8-18(26)12-17)13-20(23)16(2)11-25(28)27-19-9-4-5-10-19/h6-8,11-15,19H,3-5,9-10H2,1-2H3,(H,27,28)/b16-11+. The third-order valence-corrected chi connectivity index (χ3v) is 6.08. The zero-order chi connectivity index (χ0) is 21.1. The summed E-state index contributed by atoms with van der Waals surface area (Å²) in [4.78, 5) is 12.5. The Kier molecular flexibility index (Phi) is 6.28. The van der Waals surface area contributed by atoms with E-state index in [4.69, 9.17) is 9.15 Å². The number of ether oxygens (including phenoxy) is 1. The van der Waals surface area contributed by atoms with Crippen molar-refractivity contribution in [3.8, 4) is 16.9 Å². The van der Waals surface area contributed by atoms with Gasteiger partial charge in [0.2, 0.25) is 5.91 Å². The maximum absolute atomic E-state index is 12.5. The van der Waals surface area contributed by atoms with Crippen LogP contribution in [0.3, 0.4) is 0 Å². The van der Waals surface area contributed by atoms with Crippen LogP contribution in [0.2, 0.25) is 0 Å². The highest BCUT2D eigenvalue weighted by atomic mass is 79.9. The first kappa shape index (κ1) is 20.7. The number of benzene rings is 2. The van der Waals surface area contributed by atoms with Crippen molar-refractivity contribution in [2.45, 2.75) is 45.6 Å². The number of furan rings is 1. The topological polar surface area (TPSA) is 51.5 Å². The lowest BCUT2D eigenvalue weighted by Crippen LogP contribution is -2.31. The summed E-state index contributed by atoms with van der Waals surface area (Å²) < 4.78 is 12.7. The third-order valence-electron chi connectivity index (χ3n) is 5.59. The van der Waals surface area contributed by atoms with Gasteiger partial charge >= 0.3 is 0 Å². The molecule has 0 spiro atoms. The molecule has 0 bridgehead atoms. The lowest BCUT2D eigenvalue weighted by Gasteiger charge is -2.13. The summed E-state index contributed by atoms with van der Waals surface area (Å²) in [5, 5.41) is 4.12. The second kappa shape index (κ2) is 9.09. The molecule has 156 valence electrons. The lowest BCUT2D eigenvalue weighted by atomic mass is 9.99. The molecule has 1 heterocycles. The van der Waals surface area contributed by atoms with Crippen molar-refractivity contribution in [1.82, 2.24) is 5.32 Å². The predicted molar refractivity (Wildman–Crippen MR) is 125 cm³/mol. The van der Waals surface area contributed by atoms with E-state index in [1.54, 1.807) is 12.3 Å². The van der Waals surface area contributed by atoms with Gasteiger partial charge in [-0.15, -0.1) is 0 Å². The van der Waals surface area contributed by atoms with E-state index in [2.05, 4.69) is 39.4 Å². The molecule has 0 unspecified atom stereocenters. The average molecular weight is 468 g/mol. The molecule has 30 heavy (non-hydrogen) atoms. The third kappa shape index (κ3) is 4.46. The summed E-state index contributed by atoms with van der Waals surface area (Å²) in [7, 11) is 0. The molecule has 1 aliphatic rings. The molecule has 1 amide bonds. The normalized spacial score (nSPS) is 15.0. The summed E-state index contributed by atoms with van der Waals surface area (Å²) in [6, 6.07) is 12.4. The van der Waals surface area contributed by atoms with Gasteiger partial charge in [0.05, 0.1) is 12.9 Å². The zero-order valence-electron chi connectivity index (χ0n) is 17.3. The molecular weight excluding hydrogens is 442 g/mol. The molecule has 1 N–H and O–H groups in total. The molecule has 4 rings (SSSR count). The summed E-state index contributed by atoms with van der Waals surface area (Å²) >= 11 is 3.54. The van der Waals surface area contributed by atoms with E-state index >= 15 is 0 Å². The van der Waals surface area contributed by atoms with Gasteiger partial charge in [0.1, 0.15) is 11.3 Å². The summed E-state index contributed by atoms with van der Waals surface area (Å²) in [5.41, 5.74) is 4.62. The highest BCUT2D eigenvalue weighted by Crippen LogP contribution is 2.38. The molecule has 1 fully saturated rings. The molecule has 5 heteroatoms. The van der Waals surface area contributed by atoms with Crippen LogP contribution in [0.1, 0.15) is 45.1 Å². The number of nitrogens with one attached hydrogen (secondary N) is 1. The first-order valence-corrected chi connectivity index (χ1v) is 11.3. The molecule has 4 nitrogen and oxygen atoms in total. The Labute approximate surface area is 185 Å². The molecule has 1 aromatic heterocycles. The van der Waals surface area contributed by atoms with E-state index in [9.17, 15) is 4.79 Å². The van der Waals surface area contributed by atoms with Crippen molar-refractivity contribution in [3.05, 3.63) is 58.8 Å². The fourth-order valence-corrected chi connectivity index (χ4v) is 4.50. The SMILES string of the molecule is CCOc1cc2occ(-c3cccc(Br)c3)c2cc1/C(C)=C/C(=O)NC1CCCC1. The van der Waals surface area contributed by atoms with Crippen LogP contribution in [-0.4, -0.2) is 18.6 Å². The Morgan fingerprint density at radius 3 is 2.80 bits per heavy atom. The van der Waals surface area contributed by atoms with Gasteiger partial charge in [-0.2, -0.15) is 0 Å². The highest BCUT2D eigenvalue weighted by Gasteiger charge is 2.18. The Bertz CT molecular complexity index is 1090. The van der Waals surface area contributed by atoms with E-state index in [0.29, 0.717) is 12.6 Å². The Hall–Kier alpha value is -2.53. The molecule has 1 saturated carbocycles. The Morgan fingerprint density at radius 2 is 2.07 bits per heavy atom. The van der Waals surface area contributed by atoms with Crippen molar-refractivity contribution in [3.63, 3.8) is 0 Å². The van der Waals surface area contributed by atoms with Gasteiger partial charge in [-0.05, 0) is 56.0 Å². The smallest absolute Gasteiger partial charge is 0.244 e. The van der Waals surface area contributed by atoms with E-state index < -0.39 is 0 Å². The highest BCUT2D eigenvalue weighted by molar-refractivity contribution is 9.10. The van der Waals surface area contributed by atoms with Gasteiger partial charge in [-0.1, -0.05) is 40.9 Å². The lowest BCUT2D eigenvalue weighted by molar-refractivity contribution is -0.117. The summed E-state index contributed by atoms with van der Waals surface area (Å²) in [6.07, 6.45) is 7.98. The number of fused-ring (bicyclic) bond motifs is 1. The van der Waals surface area contributed by atoms with E-state index in [1.165, 1.54) is 12.8 Å². The number of carbonyl (C=O) groups excluding carboxylic acids is 1. The molecule has 3 aromatic rings. The van der Waals surface area contributed by atoms with E-state index in [0.717, 1.165) is 56.3 Å². The van der Waals surface area contributed by atoms with Crippen LogP contribution in [0.15, 0.2) is 57.6 Å². The summed E-state index contributed by atoms with van der Waals surface area (Å²) in [6.45, 7) is 4.45. The van der Waals surface area contributed by atoms with Gasteiger partial charge in [0.15, 0.2) is 0 Å². The minimum atomic E-state index is -0.0404. The largest absolute Gasteiger partial charge is 0.493 e. The van der Waals surface area contributed by atoms with Crippen LogP contribution in [0.5, 0.6) is 5.75 Å². The average Bonchev–Trinajstić information content (AvgIpc) is 3.37. The second-order valence-corrected chi connectivity index (χ2v) is 8.67. The van der Waals surface area contributed by atoms with Crippen LogP contribution in [-0.2, 0) is 4.79 Å². The molecule has 0 radical (unpaired) electrons. The molecule has 0 aliphatic heterocycles. The number of halogens is 1. The number of rotatable bonds is 6. The number of carbonyl (C=O) groups is 1. The van der Waals surface area contributed by atoms with E-state index in [-0.39, 0.29) is 5.91 Å². The van der Waals surface area contributed by atoms with Crippen molar-refractivity contribution in [2.24, 2.45) is 0 Å². The van der Waals surface area contributed by atoms with Crippen molar-refractivity contribution in [2.75, 3.05) is 6.61 Å². The number of allylic oxidation sites excluding steroid dienone is 1. The van der Waals surface area contributed by atoms with E-state index in [1.807, 2.05) is 32.0 Å². The fourth-order valence-electron chi connectivity index (χ4n) is 4.11. The van der Waals surface area contributed by atoms with Crippen LogP contribution in [0.25, 0.3) is 27.7 Å². The summed E-state index contributed by atoms with van der Waals surface area (Å²) in [5.74, 6) is 0.684. The predicted octanol–water partition coefficient (Wildman–Crippen LogP) is 6.72.